The lowest BCUT2D eigenvalue weighted by molar-refractivity contribution is -0.143. The third-order valence-electron chi connectivity index (χ3n) is 5.05. The van der Waals surface area contributed by atoms with Gasteiger partial charge in [-0.2, -0.15) is 0 Å². The number of aliphatic hydroxyl groups is 1. The van der Waals surface area contributed by atoms with Gasteiger partial charge in [0, 0.05) is 18.9 Å². The highest BCUT2D eigenvalue weighted by Crippen LogP contribution is 2.32. The molecule has 0 radical (unpaired) electrons. The second kappa shape index (κ2) is 7.41. The van der Waals surface area contributed by atoms with Gasteiger partial charge in [-0.05, 0) is 37.0 Å². The van der Waals surface area contributed by atoms with Crippen molar-refractivity contribution in [3.05, 3.63) is 35.6 Å². The molecule has 3 rings (SSSR count). The molecule has 23 heavy (non-hydrogen) atoms. The van der Waals surface area contributed by atoms with Crippen LogP contribution >= 0.6 is 0 Å². The zero-order valence-corrected chi connectivity index (χ0v) is 13.3. The Balaban J connectivity index is 1.60. The Hall–Kier alpha value is -1.46. The van der Waals surface area contributed by atoms with Crippen LogP contribution in [0.25, 0.3) is 0 Å². The molecule has 1 aliphatic carbocycles. The van der Waals surface area contributed by atoms with Crippen molar-refractivity contribution in [2.24, 2.45) is 5.92 Å². The summed E-state index contributed by atoms with van der Waals surface area (Å²) in [5, 5.41) is 10.1. The van der Waals surface area contributed by atoms with Crippen LogP contribution < -0.4 is 0 Å². The third-order valence-corrected chi connectivity index (χ3v) is 5.05. The predicted octanol–water partition coefficient (Wildman–Crippen LogP) is 2.15. The van der Waals surface area contributed by atoms with Crippen LogP contribution in [0.5, 0.6) is 0 Å². The van der Waals surface area contributed by atoms with Gasteiger partial charge < -0.3 is 14.7 Å². The number of ether oxygens (including phenoxy) is 1. The maximum absolute atomic E-state index is 12.9. The van der Waals surface area contributed by atoms with E-state index in [0.717, 1.165) is 24.8 Å². The maximum atomic E-state index is 12.9. The van der Waals surface area contributed by atoms with Gasteiger partial charge in [-0.3, -0.25) is 4.79 Å². The Morgan fingerprint density at radius 3 is 2.78 bits per heavy atom. The fourth-order valence-corrected chi connectivity index (χ4v) is 3.75. The summed E-state index contributed by atoms with van der Waals surface area (Å²) in [4.78, 5) is 14.5. The number of aryl methyl sites for hydroxylation is 1. The highest BCUT2D eigenvalue weighted by molar-refractivity contribution is 5.77. The van der Waals surface area contributed by atoms with Gasteiger partial charge in [0.1, 0.15) is 5.82 Å². The van der Waals surface area contributed by atoms with Crippen LogP contribution in [0.1, 0.15) is 31.2 Å². The lowest BCUT2D eigenvalue weighted by Gasteiger charge is -2.40. The second-order valence-electron chi connectivity index (χ2n) is 6.52. The van der Waals surface area contributed by atoms with Gasteiger partial charge in [0.2, 0.25) is 5.91 Å². The molecule has 1 saturated carbocycles. The minimum Gasteiger partial charge on any atom is -0.393 e. The van der Waals surface area contributed by atoms with E-state index in [2.05, 4.69) is 0 Å². The predicted molar refractivity (Wildman–Crippen MR) is 84.4 cm³/mol. The van der Waals surface area contributed by atoms with E-state index in [0.29, 0.717) is 32.6 Å². The Bertz CT molecular complexity index is 534. The van der Waals surface area contributed by atoms with Crippen LogP contribution in [0, 0.1) is 11.7 Å². The summed E-state index contributed by atoms with van der Waals surface area (Å²) in [7, 11) is 0. The molecule has 0 spiro atoms. The van der Waals surface area contributed by atoms with Gasteiger partial charge in [-0.1, -0.05) is 18.6 Å². The van der Waals surface area contributed by atoms with Crippen LogP contribution in [0.4, 0.5) is 4.39 Å². The van der Waals surface area contributed by atoms with Crippen LogP contribution in [0.2, 0.25) is 0 Å². The number of carbonyl (C=O) groups excluding carboxylic acids is 1. The first kappa shape index (κ1) is 16.4. The van der Waals surface area contributed by atoms with E-state index in [-0.39, 0.29) is 29.8 Å². The highest BCUT2D eigenvalue weighted by Gasteiger charge is 2.39. The number of aliphatic hydroxyl groups excluding tert-OH is 1. The monoisotopic (exact) mass is 321 g/mol. The number of hydrogen-bond donors (Lipinski definition) is 1. The average Bonchev–Trinajstić information content (AvgIpc) is 3.00. The molecular weight excluding hydrogens is 297 g/mol. The van der Waals surface area contributed by atoms with Crippen LogP contribution in [-0.4, -0.2) is 47.8 Å². The number of carbonyl (C=O) groups is 1. The fourth-order valence-electron chi connectivity index (χ4n) is 3.75. The van der Waals surface area contributed by atoms with Crippen LogP contribution in [0.3, 0.4) is 0 Å². The van der Waals surface area contributed by atoms with Crippen molar-refractivity contribution in [2.75, 3.05) is 19.8 Å². The molecule has 4 nitrogen and oxygen atoms in total. The first-order chi connectivity index (χ1) is 11.1. The molecule has 3 atom stereocenters. The molecule has 5 heteroatoms. The summed E-state index contributed by atoms with van der Waals surface area (Å²) in [6.45, 7) is 1.67. The summed E-state index contributed by atoms with van der Waals surface area (Å²) in [6.07, 6.45) is 3.48. The smallest absolute Gasteiger partial charge is 0.223 e. The van der Waals surface area contributed by atoms with Gasteiger partial charge >= 0.3 is 0 Å². The Morgan fingerprint density at radius 2 is 2.09 bits per heavy atom. The lowest BCUT2D eigenvalue weighted by atomic mass is 9.93. The molecule has 3 unspecified atom stereocenters. The number of hydrogen-bond acceptors (Lipinski definition) is 3. The summed E-state index contributed by atoms with van der Waals surface area (Å²) in [6, 6.07) is 6.28. The summed E-state index contributed by atoms with van der Waals surface area (Å²) in [5.74, 6) is -0.0321. The molecular formula is C18H24FNO3. The number of amides is 1. The molecule has 1 aromatic carbocycles. The zero-order valence-electron chi connectivity index (χ0n) is 13.3. The zero-order chi connectivity index (χ0) is 16.2. The first-order valence-electron chi connectivity index (χ1n) is 8.45. The maximum Gasteiger partial charge on any atom is 0.223 e. The Kier molecular flexibility index (Phi) is 5.28. The molecule has 126 valence electrons. The van der Waals surface area contributed by atoms with Crippen LogP contribution in [-0.2, 0) is 16.0 Å². The quantitative estimate of drug-likeness (QED) is 0.924. The highest BCUT2D eigenvalue weighted by atomic mass is 19.1. The normalized spacial score (nSPS) is 28.1. The molecule has 1 aromatic rings. The van der Waals surface area contributed by atoms with E-state index < -0.39 is 0 Å². The van der Waals surface area contributed by atoms with Crippen molar-refractivity contribution in [3.63, 3.8) is 0 Å². The lowest BCUT2D eigenvalue weighted by Crippen LogP contribution is -2.53. The van der Waals surface area contributed by atoms with Crippen molar-refractivity contribution >= 4 is 5.91 Å². The fraction of sp³-hybridized carbons (Fsp3) is 0.611. The number of halogens is 1. The number of morpholine rings is 1. The van der Waals surface area contributed by atoms with E-state index in [1.54, 1.807) is 12.1 Å². The van der Waals surface area contributed by atoms with Crippen LogP contribution in [0.15, 0.2) is 24.3 Å². The largest absolute Gasteiger partial charge is 0.393 e. The molecule has 0 bridgehead atoms. The van der Waals surface area contributed by atoms with Crippen molar-refractivity contribution in [1.29, 1.82) is 0 Å². The van der Waals surface area contributed by atoms with Gasteiger partial charge in [-0.25, -0.2) is 4.39 Å². The van der Waals surface area contributed by atoms with Crippen molar-refractivity contribution < 1.29 is 19.0 Å². The Labute approximate surface area is 136 Å². The minimum absolute atomic E-state index is 0.0121. The van der Waals surface area contributed by atoms with E-state index in [4.69, 9.17) is 4.74 Å². The molecule has 1 aliphatic heterocycles. The topological polar surface area (TPSA) is 49.8 Å². The molecule has 0 aromatic heterocycles. The minimum atomic E-state index is -0.325. The molecule has 2 aliphatic rings. The number of nitrogens with zero attached hydrogens (tertiary/aromatic N) is 1. The van der Waals surface area contributed by atoms with E-state index in [9.17, 15) is 14.3 Å². The van der Waals surface area contributed by atoms with Crippen molar-refractivity contribution in [1.82, 2.24) is 4.90 Å². The van der Waals surface area contributed by atoms with Gasteiger partial charge in [0.25, 0.3) is 0 Å². The van der Waals surface area contributed by atoms with Gasteiger partial charge in [-0.15, -0.1) is 0 Å². The average molecular weight is 321 g/mol. The number of rotatable bonds is 4. The van der Waals surface area contributed by atoms with E-state index in [1.807, 2.05) is 4.90 Å². The standard InChI is InChI=1S/C18H24FNO3/c19-14-7-4-13(5-8-14)6-9-18(22)20-10-11-23-12-16(20)15-2-1-3-17(15)21/h4-5,7-8,15-17,21H,1-3,6,9-12H2. The first-order valence-corrected chi connectivity index (χ1v) is 8.45. The molecule has 1 amide bonds. The van der Waals surface area contributed by atoms with Crippen molar-refractivity contribution in [2.45, 2.75) is 44.2 Å². The van der Waals surface area contributed by atoms with Gasteiger partial charge in [0.15, 0.2) is 0 Å². The van der Waals surface area contributed by atoms with Gasteiger partial charge in [0.05, 0.1) is 25.4 Å². The van der Waals surface area contributed by atoms with E-state index >= 15 is 0 Å². The van der Waals surface area contributed by atoms with Crippen molar-refractivity contribution in [3.8, 4) is 0 Å². The molecule has 1 heterocycles. The summed E-state index contributed by atoms with van der Waals surface area (Å²) >= 11 is 0. The van der Waals surface area contributed by atoms with E-state index in [1.165, 1.54) is 12.1 Å². The number of benzene rings is 1. The third kappa shape index (κ3) is 3.90. The summed E-state index contributed by atoms with van der Waals surface area (Å²) in [5.41, 5.74) is 0.963. The molecule has 1 saturated heterocycles. The molecule has 1 N–H and O–H groups in total. The SMILES string of the molecule is O=C(CCc1ccc(F)cc1)N1CCOCC1C1CCCC1O. The Morgan fingerprint density at radius 1 is 1.30 bits per heavy atom. The second-order valence-corrected chi connectivity index (χ2v) is 6.52. The summed E-state index contributed by atoms with van der Waals surface area (Å²) < 4.78 is 18.5. The molecule has 2 fully saturated rings.